The zero-order valence-electron chi connectivity index (χ0n) is 8.61. The Labute approximate surface area is 102 Å². The number of aryl methyl sites for hydroxylation is 2. The van der Waals surface area contributed by atoms with Gasteiger partial charge in [0.1, 0.15) is 0 Å². The van der Waals surface area contributed by atoms with Crippen LogP contribution in [-0.2, 0) is 21.1 Å². The van der Waals surface area contributed by atoms with Crippen LogP contribution in [0.2, 0.25) is 0 Å². The molecule has 0 aromatic heterocycles. The molecule has 0 atom stereocenters. The predicted molar refractivity (Wildman–Crippen MR) is 47.8 cm³/mol. The molecule has 0 heterocycles. The summed E-state index contributed by atoms with van der Waals surface area (Å²) in [5.74, 6) is -0.196. The summed E-state index contributed by atoms with van der Waals surface area (Å²) in [5, 5.41) is 0. The van der Waals surface area contributed by atoms with Crippen molar-refractivity contribution in [2.75, 3.05) is 0 Å². The Morgan fingerprint density at radius 2 is 1.80 bits per heavy atom. The summed E-state index contributed by atoms with van der Waals surface area (Å²) in [4.78, 5) is 0. The van der Waals surface area contributed by atoms with Crippen LogP contribution < -0.4 is 4.74 Å². The first-order chi connectivity index (χ1) is 5.88. The molecule has 0 spiro atoms. The zero-order valence-corrected chi connectivity index (χ0v) is 11.5. The third kappa shape index (κ3) is 5.83. The fourth-order valence-electron chi connectivity index (χ4n) is 0.965. The van der Waals surface area contributed by atoms with Gasteiger partial charge in [-0.3, -0.25) is 0 Å². The molecule has 5 heteroatoms. The smallest absolute Gasteiger partial charge is 0.470 e. The maximum absolute atomic E-state index is 11.8. The minimum absolute atomic E-state index is 0. The van der Waals surface area contributed by atoms with Gasteiger partial charge in [0, 0.05) is 5.75 Å². The first-order valence-corrected chi connectivity index (χ1v) is 3.63. The quantitative estimate of drug-likeness (QED) is 0.670. The van der Waals surface area contributed by atoms with Crippen LogP contribution in [0.4, 0.5) is 13.2 Å². The zero-order chi connectivity index (χ0) is 10.1. The second-order valence-corrected chi connectivity index (χ2v) is 2.71. The van der Waals surface area contributed by atoms with Gasteiger partial charge in [0.25, 0.3) is 0 Å². The minimum atomic E-state index is -4.63. The number of ether oxygens (including phenoxy) is 1. The number of hydrogen-bond acceptors (Lipinski definition) is 1. The third-order valence-corrected chi connectivity index (χ3v) is 1.48. The van der Waals surface area contributed by atoms with Crippen LogP contribution in [0.3, 0.4) is 0 Å². The average Bonchev–Trinajstić information content (AvgIpc) is 1.93. The first-order valence-electron chi connectivity index (χ1n) is 3.63. The van der Waals surface area contributed by atoms with Gasteiger partial charge in [-0.15, -0.1) is 24.8 Å². The summed E-state index contributed by atoms with van der Waals surface area (Å²) in [6, 6.07) is 5.42. The SMILES string of the molecule is Cc1[c-]cc(OC(F)(F)F)c(C)c1.[CH3-].[W+2]. The van der Waals surface area contributed by atoms with E-state index in [0.29, 0.717) is 5.56 Å². The molecule has 84 valence electrons. The van der Waals surface area contributed by atoms with Crippen LogP contribution in [0.25, 0.3) is 0 Å². The van der Waals surface area contributed by atoms with Gasteiger partial charge in [-0.05, 0) is 0 Å². The molecule has 0 fully saturated rings. The van der Waals surface area contributed by atoms with Gasteiger partial charge in [-0.25, -0.2) is 0 Å². The van der Waals surface area contributed by atoms with Crippen molar-refractivity contribution in [2.24, 2.45) is 0 Å². The maximum Gasteiger partial charge on any atom is 2.00 e. The molecule has 0 aliphatic heterocycles. The Kier molecular flexibility index (Phi) is 6.95. The first kappa shape index (κ1) is 16.9. The Hall–Kier alpha value is -0.502. The van der Waals surface area contributed by atoms with Crippen LogP contribution in [0.1, 0.15) is 11.1 Å². The monoisotopic (exact) mass is 388 g/mol. The molecule has 0 bridgehead atoms. The molecule has 1 aromatic rings. The Balaban J connectivity index is 0. The van der Waals surface area contributed by atoms with Gasteiger partial charge in [0.15, 0.2) is 0 Å². The standard InChI is InChI=1S/C9H8F3O.CH3.W/c1-6-3-4-8(7(2)5-6)13-9(10,11)12;;/h4-5H,1-2H3;1H3;/q2*-1;+2. The predicted octanol–water partition coefficient (Wildman–Crippen LogP) is 3.45. The van der Waals surface area contributed by atoms with Crippen LogP contribution in [-0.4, -0.2) is 6.36 Å². The minimum Gasteiger partial charge on any atom is -0.470 e. The molecule has 0 amide bonds. The Bertz CT molecular complexity index is 310. The van der Waals surface area contributed by atoms with E-state index >= 15 is 0 Å². The number of alkyl halides is 3. The largest absolute Gasteiger partial charge is 2.00 e. The normalized spacial score (nSPS) is 9.93. The van der Waals surface area contributed by atoms with Crippen molar-refractivity contribution >= 4 is 0 Å². The van der Waals surface area contributed by atoms with Gasteiger partial charge in [-0.2, -0.15) is 17.7 Å². The summed E-state index contributed by atoms with van der Waals surface area (Å²) in [6.07, 6.45) is -4.63. The van der Waals surface area contributed by atoms with Crippen LogP contribution in [0, 0.1) is 27.3 Å². The van der Waals surface area contributed by atoms with E-state index in [0.717, 1.165) is 5.56 Å². The number of benzene rings is 1. The van der Waals surface area contributed by atoms with Gasteiger partial charge in [-0.1, -0.05) is 13.8 Å². The van der Waals surface area contributed by atoms with Crippen LogP contribution in [0.15, 0.2) is 12.1 Å². The van der Waals surface area contributed by atoms with Crippen molar-refractivity contribution < 1.29 is 39.0 Å². The molecule has 0 unspecified atom stereocenters. The van der Waals surface area contributed by atoms with Crippen molar-refractivity contribution in [2.45, 2.75) is 20.2 Å². The van der Waals surface area contributed by atoms with Crippen molar-refractivity contribution in [3.05, 3.63) is 36.8 Å². The van der Waals surface area contributed by atoms with Gasteiger partial charge >= 0.3 is 27.4 Å². The van der Waals surface area contributed by atoms with Crippen LogP contribution in [0.5, 0.6) is 5.75 Å². The second-order valence-electron chi connectivity index (χ2n) is 2.71. The number of halogens is 3. The molecular formula is C10H11F3OW. The van der Waals surface area contributed by atoms with Crippen molar-refractivity contribution in [3.63, 3.8) is 0 Å². The van der Waals surface area contributed by atoms with Crippen molar-refractivity contribution in [1.29, 1.82) is 0 Å². The topological polar surface area (TPSA) is 9.23 Å². The molecule has 0 aliphatic rings. The van der Waals surface area contributed by atoms with E-state index in [2.05, 4.69) is 10.8 Å². The average molecular weight is 388 g/mol. The van der Waals surface area contributed by atoms with E-state index in [-0.39, 0.29) is 34.2 Å². The molecule has 1 rings (SSSR count). The summed E-state index contributed by atoms with van der Waals surface area (Å²) >= 11 is 0. The van der Waals surface area contributed by atoms with Gasteiger partial charge < -0.3 is 12.2 Å². The summed E-state index contributed by atoms with van der Waals surface area (Å²) < 4.78 is 39.1. The number of rotatable bonds is 1. The fourth-order valence-corrected chi connectivity index (χ4v) is 0.965. The Morgan fingerprint density at radius 3 is 2.20 bits per heavy atom. The molecule has 0 saturated carbocycles. The van der Waals surface area contributed by atoms with E-state index in [1.54, 1.807) is 19.9 Å². The Morgan fingerprint density at radius 1 is 1.27 bits per heavy atom. The molecular weight excluding hydrogens is 377 g/mol. The van der Waals surface area contributed by atoms with Crippen molar-refractivity contribution in [1.82, 2.24) is 0 Å². The number of hydrogen-bond donors (Lipinski definition) is 0. The summed E-state index contributed by atoms with van der Waals surface area (Å²) in [7, 11) is 0. The molecule has 1 nitrogen and oxygen atoms in total. The van der Waals surface area contributed by atoms with Crippen LogP contribution >= 0.6 is 0 Å². The molecule has 0 aliphatic carbocycles. The second kappa shape index (κ2) is 6.16. The van der Waals surface area contributed by atoms with Gasteiger partial charge in [0.2, 0.25) is 0 Å². The fraction of sp³-hybridized carbons (Fsp3) is 0.300. The van der Waals surface area contributed by atoms with E-state index in [1.165, 1.54) is 6.07 Å². The molecule has 0 radical (unpaired) electrons. The van der Waals surface area contributed by atoms with E-state index in [1.807, 2.05) is 0 Å². The molecule has 15 heavy (non-hydrogen) atoms. The van der Waals surface area contributed by atoms with E-state index in [9.17, 15) is 13.2 Å². The molecule has 1 aromatic carbocycles. The summed E-state index contributed by atoms with van der Waals surface area (Å²) in [6.45, 7) is 3.31. The third-order valence-electron chi connectivity index (χ3n) is 1.48. The van der Waals surface area contributed by atoms with Crippen molar-refractivity contribution in [3.8, 4) is 5.75 Å². The summed E-state index contributed by atoms with van der Waals surface area (Å²) in [5.41, 5.74) is 1.24. The molecule has 0 N–H and O–H groups in total. The van der Waals surface area contributed by atoms with Gasteiger partial charge in [0.05, 0.1) is 0 Å². The maximum atomic E-state index is 11.8. The molecule has 0 saturated heterocycles. The van der Waals surface area contributed by atoms with E-state index < -0.39 is 6.36 Å². The van der Waals surface area contributed by atoms with E-state index in [4.69, 9.17) is 0 Å².